The van der Waals surface area contributed by atoms with Gasteiger partial charge in [-0.25, -0.2) is 0 Å². The number of rotatable bonds is 1. The highest BCUT2D eigenvalue weighted by atomic mass is 16.3. The van der Waals surface area contributed by atoms with E-state index in [1.54, 1.807) is 0 Å². The molecule has 1 heterocycles. The molecule has 5 aliphatic rings. The molecule has 4 aliphatic carbocycles. The Morgan fingerprint density at radius 1 is 1.07 bits per heavy atom. The van der Waals surface area contributed by atoms with E-state index in [9.17, 15) is 9.90 Å². The van der Waals surface area contributed by atoms with Crippen LogP contribution in [-0.4, -0.2) is 35.0 Å². The van der Waals surface area contributed by atoms with Gasteiger partial charge in [-0.05, 0) is 81.0 Å². The Labute approximate surface area is 163 Å². The van der Waals surface area contributed by atoms with E-state index in [0.717, 1.165) is 57.2 Å². The molecule has 6 atom stereocenters. The number of hydrogen-bond donors (Lipinski definition) is 1. The molecule has 0 amide bonds. The van der Waals surface area contributed by atoms with Crippen molar-refractivity contribution in [3.05, 3.63) is 23.4 Å². The summed E-state index contributed by atoms with van der Waals surface area (Å²) >= 11 is 0. The molecule has 3 nitrogen and oxygen atoms in total. The van der Waals surface area contributed by atoms with Gasteiger partial charge < -0.3 is 10.0 Å². The molecule has 3 saturated carbocycles. The molecule has 0 unspecified atom stereocenters. The van der Waals surface area contributed by atoms with E-state index in [1.165, 1.54) is 24.8 Å². The Morgan fingerprint density at radius 3 is 2.59 bits per heavy atom. The monoisotopic (exact) mass is 369 g/mol. The number of nitrogens with zero attached hydrogens (tertiary/aromatic N) is 1. The Morgan fingerprint density at radius 2 is 1.81 bits per heavy atom. The highest BCUT2D eigenvalue weighted by Gasteiger charge is 2.59. The minimum absolute atomic E-state index is 0.136. The van der Waals surface area contributed by atoms with Crippen molar-refractivity contribution in [2.45, 2.75) is 77.7 Å². The summed E-state index contributed by atoms with van der Waals surface area (Å²) in [5, 5.41) is 10.2. The lowest BCUT2D eigenvalue weighted by Gasteiger charge is -2.56. The van der Waals surface area contributed by atoms with Gasteiger partial charge in [-0.15, -0.1) is 0 Å². The molecule has 1 aliphatic heterocycles. The fourth-order valence-electron chi connectivity index (χ4n) is 7.52. The second-order valence-electron chi connectivity index (χ2n) is 10.5. The van der Waals surface area contributed by atoms with Gasteiger partial charge in [0.05, 0.1) is 6.10 Å². The molecule has 0 aromatic heterocycles. The molecule has 4 fully saturated rings. The van der Waals surface area contributed by atoms with Gasteiger partial charge >= 0.3 is 0 Å². The molecule has 27 heavy (non-hydrogen) atoms. The zero-order valence-corrected chi connectivity index (χ0v) is 17.0. The smallest absolute Gasteiger partial charge is 0.166 e. The molecule has 0 bridgehead atoms. The summed E-state index contributed by atoms with van der Waals surface area (Å²) in [6.45, 7) is 6.97. The lowest BCUT2D eigenvalue weighted by Crippen LogP contribution is -2.50. The van der Waals surface area contributed by atoms with Gasteiger partial charge in [0.1, 0.15) is 0 Å². The quantitative estimate of drug-likeness (QED) is 0.548. The SMILES string of the molecule is C[C@]12CC[C@@H](O)CC1=CC[C@@H]1[C@@H]2CC[C@]2(C)C(=O)/C(=C/N3CCCC3)C[C@@H]12. The number of aliphatic hydroxyl groups excluding tert-OH is 1. The molecular weight excluding hydrogens is 334 g/mol. The molecule has 3 heteroatoms. The number of fused-ring (bicyclic) bond motifs is 5. The summed E-state index contributed by atoms with van der Waals surface area (Å²) in [5.74, 6) is 2.30. The summed E-state index contributed by atoms with van der Waals surface area (Å²) in [4.78, 5) is 15.8. The molecular formula is C24H35NO2. The Bertz CT molecular complexity index is 703. The van der Waals surface area contributed by atoms with Gasteiger partial charge in [0.2, 0.25) is 0 Å². The highest BCUT2D eigenvalue weighted by molar-refractivity contribution is 6.02. The molecule has 0 aromatic carbocycles. The van der Waals surface area contributed by atoms with Crippen LogP contribution >= 0.6 is 0 Å². The maximum Gasteiger partial charge on any atom is 0.166 e. The summed E-state index contributed by atoms with van der Waals surface area (Å²) < 4.78 is 0. The number of carbonyl (C=O) groups excluding carboxylic acids is 1. The molecule has 148 valence electrons. The van der Waals surface area contributed by atoms with Crippen molar-refractivity contribution in [1.82, 2.24) is 4.90 Å². The van der Waals surface area contributed by atoms with Crippen molar-refractivity contribution < 1.29 is 9.90 Å². The van der Waals surface area contributed by atoms with Crippen molar-refractivity contribution >= 4 is 5.78 Å². The van der Waals surface area contributed by atoms with Crippen molar-refractivity contribution in [3.8, 4) is 0 Å². The van der Waals surface area contributed by atoms with Crippen LogP contribution in [0.4, 0.5) is 0 Å². The van der Waals surface area contributed by atoms with E-state index in [2.05, 4.69) is 31.0 Å². The van der Waals surface area contributed by atoms with Crippen LogP contribution < -0.4 is 0 Å². The predicted octanol–water partition coefficient (Wildman–Crippen LogP) is 4.47. The number of carbonyl (C=O) groups is 1. The molecule has 5 rings (SSSR count). The maximum atomic E-state index is 13.4. The molecule has 0 spiro atoms. The Kier molecular flexibility index (Phi) is 4.13. The van der Waals surface area contributed by atoms with E-state index in [4.69, 9.17) is 0 Å². The Balaban J connectivity index is 1.45. The van der Waals surface area contributed by atoms with Crippen LogP contribution in [0.2, 0.25) is 0 Å². The second kappa shape index (κ2) is 6.20. The second-order valence-corrected chi connectivity index (χ2v) is 10.5. The summed E-state index contributed by atoms with van der Waals surface area (Å²) in [7, 11) is 0. The van der Waals surface area contributed by atoms with Crippen LogP contribution in [0, 0.1) is 28.6 Å². The zero-order chi connectivity index (χ0) is 18.8. The third-order valence-electron chi connectivity index (χ3n) is 9.20. The van der Waals surface area contributed by atoms with Crippen LogP contribution in [0.15, 0.2) is 23.4 Å². The van der Waals surface area contributed by atoms with Crippen LogP contribution in [0.1, 0.15) is 71.6 Å². The maximum absolute atomic E-state index is 13.4. The minimum Gasteiger partial charge on any atom is -0.393 e. The van der Waals surface area contributed by atoms with E-state index in [0.29, 0.717) is 23.5 Å². The first-order valence-electron chi connectivity index (χ1n) is 11.3. The van der Waals surface area contributed by atoms with E-state index in [1.807, 2.05) is 0 Å². The number of aliphatic hydroxyl groups is 1. The van der Waals surface area contributed by atoms with Gasteiger partial charge in [0.25, 0.3) is 0 Å². The van der Waals surface area contributed by atoms with E-state index < -0.39 is 0 Å². The normalized spacial score (nSPS) is 48.3. The number of likely N-dealkylation sites (tertiary alicyclic amines) is 1. The highest BCUT2D eigenvalue weighted by Crippen LogP contribution is 2.64. The van der Waals surface area contributed by atoms with Gasteiger partial charge in [0, 0.05) is 30.3 Å². The topological polar surface area (TPSA) is 40.5 Å². The fraction of sp³-hybridized carbons (Fsp3) is 0.792. The van der Waals surface area contributed by atoms with Crippen LogP contribution in [0.5, 0.6) is 0 Å². The summed E-state index contributed by atoms with van der Waals surface area (Å²) in [6.07, 6.45) is 14.4. The lowest BCUT2D eigenvalue weighted by molar-refractivity contribution is -0.130. The number of allylic oxidation sites excluding steroid dienone is 2. The van der Waals surface area contributed by atoms with Crippen LogP contribution in [0.3, 0.4) is 0 Å². The van der Waals surface area contributed by atoms with Gasteiger partial charge in [-0.2, -0.15) is 0 Å². The number of hydrogen-bond acceptors (Lipinski definition) is 3. The fourth-order valence-corrected chi connectivity index (χ4v) is 7.52. The molecule has 1 saturated heterocycles. The van der Waals surface area contributed by atoms with E-state index in [-0.39, 0.29) is 16.9 Å². The zero-order valence-electron chi connectivity index (χ0n) is 17.0. The third kappa shape index (κ3) is 2.60. The first kappa shape index (κ1) is 18.0. The lowest BCUT2D eigenvalue weighted by atomic mass is 9.48. The van der Waals surface area contributed by atoms with Crippen LogP contribution in [0.25, 0.3) is 0 Å². The van der Waals surface area contributed by atoms with Crippen molar-refractivity contribution in [1.29, 1.82) is 0 Å². The standard InChI is InChI=1S/C24H35NO2/c1-23-9-7-18(26)14-17(23)5-6-19-20(23)8-10-24(2)21(19)13-16(22(24)27)15-25-11-3-4-12-25/h5,15,18-21,26H,3-4,6-14H2,1-2H3/b16-15+/t18-,19-,20+,21+,23+,24+/m1/s1. The predicted molar refractivity (Wildman–Crippen MR) is 107 cm³/mol. The summed E-state index contributed by atoms with van der Waals surface area (Å²) in [5.41, 5.74) is 2.75. The van der Waals surface area contributed by atoms with Crippen LogP contribution in [-0.2, 0) is 4.79 Å². The third-order valence-corrected chi connectivity index (χ3v) is 9.20. The minimum atomic E-state index is -0.141. The van der Waals surface area contributed by atoms with Gasteiger partial charge in [0.15, 0.2) is 5.78 Å². The van der Waals surface area contributed by atoms with E-state index >= 15 is 0 Å². The van der Waals surface area contributed by atoms with Crippen molar-refractivity contribution in [3.63, 3.8) is 0 Å². The van der Waals surface area contributed by atoms with Gasteiger partial charge in [-0.3, -0.25) is 4.79 Å². The molecule has 0 radical (unpaired) electrons. The Hall–Kier alpha value is -1.09. The first-order valence-corrected chi connectivity index (χ1v) is 11.3. The largest absolute Gasteiger partial charge is 0.393 e. The van der Waals surface area contributed by atoms with Gasteiger partial charge in [-0.1, -0.05) is 25.5 Å². The van der Waals surface area contributed by atoms with Crippen molar-refractivity contribution in [2.75, 3.05) is 13.1 Å². The average Bonchev–Trinajstić information content (AvgIpc) is 3.24. The number of Topliss-reactive ketones (excluding diaryl/α,β-unsaturated/α-hetero) is 1. The molecule has 0 aromatic rings. The molecule has 1 N–H and O–H groups in total. The first-order chi connectivity index (χ1) is 12.9. The van der Waals surface area contributed by atoms with Crippen molar-refractivity contribution in [2.24, 2.45) is 28.6 Å². The number of ketones is 1. The summed E-state index contributed by atoms with van der Waals surface area (Å²) in [6, 6.07) is 0. The average molecular weight is 370 g/mol.